The monoisotopic (exact) mass is 271 g/mol. The summed E-state index contributed by atoms with van der Waals surface area (Å²) in [6.07, 6.45) is 1.62. The standard InChI is InChI=1S/C14H10ClN3O/c1-9-5-2-3-6-10(9)13-17-14(19-18-13)11-7-4-8-16-12(11)15/h2-8H,1H3. The van der Waals surface area contributed by atoms with E-state index < -0.39 is 0 Å². The highest BCUT2D eigenvalue weighted by molar-refractivity contribution is 6.31. The summed E-state index contributed by atoms with van der Waals surface area (Å²) >= 11 is 6.01. The average Bonchev–Trinajstić information content (AvgIpc) is 2.89. The first-order valence-corrected chi connectivity index (χ1v) is 6.14. The van der Waals surface area contributed by atoms with Crippen molar-refractivity contribution in [3.63, 3.8) is 0 Å². The number of halogens is 1. The number of hydrogen-bond acceptors (Lipinski definition) is 4. The van der Waals surface area contributed by atoms with Crippen LogP contribution in [0.3, 0.4) is 0 Å². The Balaban J connectivity index is 2.06. The summed E-state index contributed by atoms with van der Waals surface area (Å²) in [4.78, 5) is 8.36. The summed E-state index contributed by atoms with van der Waals surface area (Å²) in [5, 5.41) is 4.34. The first-order chi connectivity index (χ1) is 9.25. The van der Waals surface area contributed by atoms with Crippen LogP contribution in [0.4, 0.5) is 0 Å². The lowest BCUT2D eigenvalue weighted by Gasteiger charge is -1.98. The van der Waals surface area contributed by atoms with Crippen LogP contribution in [0.2, 0.25) is 5.15 Å². The van der Waals surface area contributed by atoms with Crippen LogP contribution in [-0.2, 0) is 0 Å². The molecule has 0 saturated carbocycles. The molecule has 94 valence electrons. The van der Waals surface area contributed by atoms with Crippen LogP contribution in [0.1, 0.15) is 5.56 Å². The topological polar surface area (TPSA) is 51.8 Å². The summed E-state index contributed by atoms with van der Waals surface area (Å²) in [5.41, 5.74) is 2.67. The molecule has 0 saturated heterocycles. The third kappa shape index (κ3) is 2.22. The summed E-state index contributed by atoms with van der Waals surface area (Å²) in [7, 11) is 0. The van der Waals surface area contributed by atoms with E-state index in [2.05, 4.69) is 15.1 Å². The van der Waals surface area contributed by atoms with Crippen molar-refractivity contribution in [2.24, 2.45) is 0 Å². The molecule has 0 amide bonds. The molecule has 4 nitrogen and oxygen atoms in total. The molecule has 0 N–H and O–H groups in total. The number of rotatable bonds is 2. The van der Waals surface area contributed by atoms with E-state index >= 15 is 0 Å². The van der Waals surface area contributed by atoms with Crippen LogP contribution >= 0.6 is 11.6 Å². The maximum Gasteiger partial charge on any atom is 0.261 e. The molecule has 0 atom stereocenters. The van der Waals surface area contributed by atoms with Gasteiger partial charge < -0.3 is 4.52 Å². The fourth-order valence-corrected chi connectivity index (χ4v) is 2.01. The van der Waals surface area contributed by atoms with Crippen molar-refractivity contribution in [2.75, 3.05) is 0 Å². The summed E-state index contributed by atoms with van der Waals surface area (Å²) in [6, 6.07) is 11.4. The highest BCUT2D eigenvalue weighted by Gasteiger charge is 2.14. The minimum atomic E-state index is 0.350. The highest BCUT2D eigenvalue weighted by atomic mass is 35.5. The Morgan fingerprint density at radius 3 is 2.63 bits per heavy atom. The molecule has 2 aromatic heterocycles. The van der Waals surface area contributed by atoms with E-state index in [-0.39, 0.29) is 0 Å². The number of aromatic nitrogens is 3. The van der Waals surface area contributed by atoms with Gasteiger partial charge in [-0.05, 0) is 24.6 Å². The molecule has 0 spiro atoms. The maximum absolute atomic E-state index is 6.01. The van der Waals surface area contributed by atoms with Crippen LogP contribution in [-0.4, -0.2) is 15.1 Å². The van der Waals surface area contributed by atoms with Gasteiger partial charge in [0, 0.05) is 11.8 Å². The highest BCUT2D eigenvalue weighted by Crippen LogP contribution is 2.27. The molecule has 0 fully saturated rings. The lowest BCUT2D eigenvalue weighted by Crippen LogP contribution is -1.85. The Bertz CT molecular complexity index is 664. The first-order valence-electron chi connectivity index (χ1n) is 5.76. The van der Waals surface area contributed by atoms with Gasteiger partial charge in [-0.3, -0.25) is 0 Å². The number of aryl methyl sites for hydroxylation is 1. The molecule has 0 aliphatic heterocycles. The molecular weight excluding hydrogens is 262 g/mol. The maximum atomic E-state index is 6.01. The number of nitrogens with zero attached hydrogens (tertiary/aromatic N) is 3. The second-order valence-corrected chi connectivity index (χ2v) is 4.44. The predicted octanol–water partition coefficient (Wildman–Crippen LogP) is 3.76. The van der Waals surface area contributed by atoms with E-state index in [0.717, 1.165) is 11.1 Å². The largest absolute Gasteiger partial charge is 0.333 e. The van der Waals surface area contributed by atoms with Crippen molar-refractivity contribution in [3.05, 3.63) is 53.3 Å². The molecule has 0 unspecified atom stereocenters. The zero-order valence-corrected chi connectivity index (χ0v) is 10.9. The average molecular weight is 272 g/mol. The normalized spacial score (nSPS) is 10.6. The molecule has 0 bridgehead atoms. The van der Waals surface area contributed by atoms with Crippen LogP contribution in [0.15, 0.2) is 47.1 Å². The Kier molecular flexibility index (Phi) is 3.01. The molecule has 2 heterocycles. The van der Waals surface area contributed by atoms with Crippen molar-refractivity contribution in [1.29, 1.82) is 0 Å². The Labute approximate surface area is 115 Å². The number of hydrogen-bond donors (Lipinski definition) is 0. The Morgan fingerprint density at radius 1 is 1.05 bits per heavy atom. The molecule has 0 aliphatic carbocycles. The Hall–Kier alpha value is -2.20. The summed E-state index contributed by atoms with van der Waals surface area (Å²) < 4.78 is 5.26. The second kappa shape index (κ2) is 4.82. The van der Waals surface area contributed by atoms with E-state index in [9.17, 15) is 0 Å². The second-order valence-electron chi connectivity index (χ2n) is 4.08. The van der Waals surface area contributed by atoms with Gasteiger partial charge >= 0.3 is 0 Å². The van der Waals surface area contributed by atoms with Gasteiger partial charge in [0.15, 0.2) is 0 Å². The van der Waals surface area contributed by atoms with Crippen LogP contribution < -0.4 is 0 Å². The van der Waals surface area contributed by atoms with Crippen molar-refractivity contribution >= 4 is 11.6 Å². The van der Waals surface area contributed by atoms with Gasteiger partial charge in [-0.25, -0.2) is 4.98 Å². The van der Waals surface area contributed by atoms with Crippen LogP contribution in [0.5, 0.6) is 0 Å². The lowest BCUT2D eigenvalue weighted by atomic mass is 10.1. The van der Waals surface area contributed by atoms with E-state index in [4.69, 9.17) is 16.1 Å². The van der Waals surface area contributed by atoms with E-state index in [0.29, 0.717) is 22.4 Å². The van der Waals surface area contributed by atoms with Crippen molar-refractivity contribution in [1.82, 2.24) is 15.1 Å². The minimum Gasteiger partial charge on any atom is -0.333 e. The van der Waals surface area contributed by atoms with Crippen LogP contribution in [0.25, 0.3) is 22.8 Å². The summed E-state index contributed by atoms with van der Waals surface area (Å²) in [5.74, 6) is 0.921. The third-order valence-corrected chi connectivity index (χ3v) is 3.10. The van der Waals surface area contributed by atoms with Crippen molar-refractivity contribution < 1.29 is 4.52 Å². The zero-order valence-electron chi connectivity index (χ0n) is 10.2. The van der Waals surface area contributed by atoms with Gasteiger partial charge in [0.2, 0.25) is 5.82 Å². The first kappa shape index (κ1) is 11.9. The molecule has 0 radical (unpaired) electrons. The van der Waals surface area contributed by atoms with Crippen LogP contribution in [0, 0.1) is 6.92 Å². The molecule has 3 aromatic rings. The SMILES string of the molecule is Cc1ccccc1-c1noc(-c2cccnc2Cl)n1. The van der Waals surface area contributed by atoms with Crippen molar-refractivity contribution in [3.8, 4) is 22.8 Å². The third-order valence-electron chi connectivity index (χ3n) is 2.80. The molecule has 19 heavy (non-hydrogen) atoms. The van der Waals surface area contributed by atoms with Gasteiger partial charge in [0.1, 0.15) is 5.15 Å². The molecule has 3 rings (SSSR count). The lowest BCUT2D eigenvalue weighted by molar-refractivity contribution is 0.432. The minimum absolute atomic E-state index is 0.350. The van der Waals surface area contributed by atoms with Gasteiger partial charge in [-0.15, -0.1) is 0 Å². The van der Waals surface area contributed by atoms with Gasteiger partial charge in [0.05, 0.1) is 5.56 Å². The molecular formula is C14H10ClN3O. The number of pyridine rings is 1. The molecule has 1 aromatic carbocycles. The van der Waals surface area contributed by atoms with Gasteiger partial charge in [0.25, 0.3) is 5.89 Å². The van der Waals surface area contributed by atoms with E-state index in [1.807, 2.05) is 31.2 Å². The van der Waals surface area contributed by atoms with Gasteiger partial charge in [-0.1, -0.05) is 41.0 Å². The Morgan fingerprint density at radius 2 is 1.84 bits per heavy atom. The predicted molar refractivity (Wildman–Crippen MR) is 72.7 cm³/mol. The van der Waals surface area contributed by atoms with E-state index in [1.165, 1.54) is 0 Å². The quantitative estimate of drug-likeness (QED) is 0.666. The van der Waals surface area contributed by atoms with Gasteiger partial charge in [-0.2, -0.15) is 4.98 Å². The van der Waals surface area contributed by atoms with Crippen molar-refractivity contribution in [2.45, 2.75) is 6.92 Å². The van der Waals surface area contributed by atoms with E-state index in [1.54, 1.807) is 18.3 Å². The zero-order chi connectivity index (χ0) is 13.2. The summed E-state index contributed by atoms with van der Waals surface area (Å²) in [6.45, 7) is 2.00. The fraction of sp³-hybridized carbons (Fsp3) is 0.0714. The smallest absolute Gasteiger partial charge is 0.261 e. The number of benzene rings is 1. The molecule has 5 heteroatoms. The molecule has 0 aliphatic rings. The fourth-order valence-electron chi connectivity index (χ4n) is 1.81.